The normalized spacial score (nSPS) is 14.1. The predicted molar refractivity (Wildman–Crippen MR) is 73.0 cm³/mol. The summed E-state index contributed by atoms with van der Waals surface area (Å²) in [6.45, 7) is 12.8. The molecule has 0 saturated heterocycles. The number of hydrogen-bond donors (Lipinski definition) is 0. The molecule has 0 rings (SSSR count). The van der Waals surface area contributed by atoms with Gasteiger partial charge in [0, 0.05) is 13.2 Å². The molecule has 0 saturated carbocycles. The molecule has 0 aromatic heterocycles. The van der Waals surface area contributed by atoms with Crippen LogP contribution in [0.4, 0.5) is 0 Å². The van der Waals surface area contributed by atoms with Crippen LogP contribution in [-0.2, 0) is 8.85 Å². The molecule has 3 heteroatoms. The van der Waals surface area contributed by atoms with E-state index in [0.717, 1.165) is 37.6 Å². The summed E-state index contributed by atoms with van der Waals surface area (Å²) in [5.41, 5.74) is 0. The van der Waals surface area contributed by atoms with Gasteiger partial charge in [0.1, 0.15) is 0 Å². The molecular formula is C13H30O2Si. The quantitative estimate of drug-likeness (QED) is 0.534. The van der Waals surface area contributed by atoms with Crippen LogP contribution in [0.3, 0.4) is 0 Å². The summed E-state index contributed by atoms with van der Waals surface area (Å²) in [6.07, 6.45) is 3.50. The van der Waals surface area contributed by atoms with Crippen molar-refractivity contribution >= 4 is 8.56 Å². The van der Waals surface area contributed by atoms with Crippen LogP contribution >= 0.6 is 0 Å². The van der Waals surface area contributed by atoms with Gasteiger partial charge >= 0.3 is 8.56 Å². The van der Waals surface area contributed by atoms with Crippen molar-refractivity contribution in [3.8, 4) is 0 Å². The van der Waals surface area contributed by atoms with Crippen molar-refractivity contribution in [1.82, 2.24) is 0 Å². The van der Waals surface area contributed by atoms with Gasteiger partial charge in [0.25, 0.3) is 0 Å². The first-order chi connectivity index (χ1) is 7.64. The second-order valence-electron chi connectivity index (χ2n) is 4.62. The Morgan fingerprint density at radius 1 is 0.938 bits per heavy atom. The third kappa shape index (κ3) is 6.02. The van der Waals surface area contributed by atoms with E-state index >= 15 is 0 Å². The highest BCUT2D eigenvalue weighted by atomic mass is 28.4. The average Bonchev–Trinajstić information content (AvgIpc) is 2.33. The summed E-state index contributed by atoms with van der Waals surface area (Å²) >= 11 is 0. The van der Waals surface area contributed by atoms with Crippen LogP contribution in [0, 0.1) is 5.92 Å². The van der Waals surface area contributed by atoms with Crippen molar-refractivity contribution in [2.24, 2.45) is 5.92 Å². The van der Waals surface area contributed by atoms with Crippen LogP contribution in [0.2, 0.25) is 12.1 Å². The fraction of sp³-hybridized carbons (Fsp3) is 1.00. The maximum Gasteiger partial charge on any atom is 0.337 e. The molecule has 0 bridgehead atoms. The minimum absolute atomic E-state index is 0.770. The molecule has 0 heterocycles. The van der Waals surface area contributed by atoms with E-state index in [1.165, 1.54) is 12.8 Å². The fourth-order valence-corrected chi connectivity index (χ4v) is 4.10. The minimum atomic E-state index is -1.84. The van der Waals surface area contributed by atoms with Crippen LogP contribution in [-0.4, -0.2) is 21.8 Å². The Kier molecular flexibility index (Phi) is 9.28. The van der Waals surface area contributed by atoms with E-state index in [1.807, 2.05) is 0 Å². The molecule has 1 unspecified atom stereocenters. The van der Waals surface area contributed by atoms with Crippen molar-refractivity contribution in [3.05, 3.63) is 0 Å². The highest BCUT2D eigenvalue weighted by Gasteiger charge is 2.33. The lowest BCUT2D eigenvalue weighted by atomic mass is 10.1. The second kappa shape index (κ2) is 9.20. The predicted octanol–water partition coefficient (Wildman–Crippen LogP) is 4.35. The zero-order chi connectivity index (χ0) is 12.4. The van der Waals surface area contributed by atoms with Gasteiger partial charge < -0.3 is 8.85 Å². The van der Waals surface area contributed by atoms with Crippen molar-refractivity contribution in [1.29, 1.82) is 0 Å². The third-order valence-corrected chi connectivity index (χ3v) is 6.93. The SMILES string of the molecule is CCCO[Si](CC)(CC)OCCC(C)CC. The molecular weight excluding hydrogens is 216 g/mol. The highest BCUT2D eigenvalue weighted by molar-refractivity contribution is 6.67. The van der Waals surface area contributed by atoms with E-state index in [2.05, 4.69) is 34.6 Å². The Morgan fingerprint density at radius 3 is 1.94 bits per heavy atom. The maximum absolute atomic E-state index is 6.12. The van der Waals surface area contributed by atoms with Gasteiger partial charge in [-0.25, -0.2) is 0 Å². The molecule has 2 nitrogen and oxygen atoms in total. The van der Waals surface area contributed by atoms with Gasteiger partial charge in [0.2, 0.25) is 0 Å². The van der Waals surface area contributed by atoms with Gasteiger partial charge in [0.05, 0.1) is 0 Å². The van der Waals surface area contributed by atoms with Crippen LogP contribution in [0.15, 0.2) is 0 Å². The summed E-state index contributed by atoms with van der Waals surface area (Å²) in [4.78, 5) is 0. The molecule has 0 N–H and O–H groups in total. The molecule has 0 aromatic carbocycles. The third-order valence-electron chi connectivity index (χ3n) is 3.32. The lowest BCUT2D eigenvalue weighted by Crippen LogP contribution is -2.41. The smallest absolute Gasteiger partial charge is 0.337 e. The topological polar surface area (TPSA) is 18.5 Å². The van der Waals surface area contributed by atoms with Crippen LogP contribution in [0.5, 0.6) is 0 Å². The van der Waals surface area contributed by atoms with Crippen LogP contribution < -0.4 is 0 Å². The van der Waals surface area contributed by atoms with Crippen molar-refractivity contribution in [3.63, 3.8) is 0 Å². The maximum atomic E-state index is 6.12. The van der Waals surface area contributed by atoms with E-state index in [9.17, 15) is 0 Å². The first kappa shape index (κ1) is 16.1. The Morgan fingerprint density at radius 2 is 1.50 bits per heavy atom. The van der Waals surface area contributed by atoms with E-state index < -0.39 is 8.56 Å². The van der Waals surface area contributed by atoms with Gasteiger partial charge in [0.15, 0.2) is 0 Å². The largest absolute Gasteiger partial charge is 0.394 e. The molecule has 0 spiro atoms. The Labute approximate surface area is 103 Å². The lowest BCUT2D eigenvalue weighted by Gasteiger charge is -2.29. The molecule has 0 aliphatic rings. The number of rotatable bonds is 10. The fourth-order valence-electron chi connectivity index (χ4n) is 1.64. The van der Waals surface area contributed by atoms with Crippen molar-refractivity contribution in [2.45, 2.75) is 66.0 Å². The summed E-state index contributed by atoms with van der Waals surface area (Å²) in [7, 11) is -1.84. The molecule has 0 aliphatic heterocycles. The lowest BCUT2D eigenvalue weighted by molar-refractivity contribution is 0.160. The first-order valence-corrected chi connectivity index (χ1v) is 9.15. The van der Waals surface area contributed by atoms with Crippen molar-refractivity contribution in [2.75, 3.05) is 13.2 Å². The van der Waals surface area contributed by atoms with Crippen LogP contribution in [0.1, 0.15) is 53.9 Å². The van der Waals surface area contributed by atoms with Gasteiger partial charge in [-0.3, -0.25) is 0 Å². The molecule has 0 aromatic rings. The Bertz CT molecular complexity index is 158. The molecule has 98 valence electrons. The summed E-state index contributed by atoms with van der Waals surface area (Å²) in [6, 6.07) is 2.15. The molecule has 0 aliphatic carbocycles. The van der Waals surface area contributed by atoms with Gasteiger partial charge in [-0.05, 0) is 30.8 Å². The average molecular weight is 246 g/mol. The van der Waals surface area contributed by atoms with Crippen molar-refractivity contribution < 1.29 is 8.85 Å². The minimum Gasteiger partial charge on any atom is -0.394 e. The molecule has 1 atom stereocenters. The zero-order valence-corrected chi connectivity index (χ0v) is 12.8. The van der Waals surface area contributed by atoms with E-state index in [1.54, 1.807) is 0 Å². The monoisotopic (exact) mass is 246 g/mol. The second-order valence-corrected chi connectivity index (χ2v) is 8.43. The molecule has 0 fully saturated rings. The van der Waals surface area contributed by atoms with E-state index in [0.29, 0.717) is 0 Å². The number of hydrogen-bond acceptors (Lipinski definition) is 2. The summed E-state index contributed by atoms with van der Waals surface area (Å²) in [5, 5.41) is 0. The Balaban J connectivity index is 4.00. The molecule has 0 radical (unpaired) electrons. The first-order valence-electron chi connectivity index (χ1n) is 6.91. The molecule has 0 amide bonds. The molecule has 16 heavy (non-hydrogen) atoms. The summed E-state index contributed by atoms with van der Waals surface area (Å²) in [5.74, 6) is 0.770. The standard InChI is InChI=1S/C13H30O2Si/c1-6-11-14-16(8-3,9-4)15-12-10-13(5)7-2/h13H,6-12H2,1-5H3. The Hall–Kier alpha value is 0.137. The van der Waals surface area contributed by atoms with Gasteiger partial charge in [-0.1, -0.05) is 41.0 Å². The summed E-state index contributed by atoms with van der Waals surface area (Å²) < 4.78 is 12.1. The van der Waals surface area contributed by atoms with E-state index in [-0.39, 0.29) is 0 Å². The highest BCUT2D eigenvalue weighted by Crippen LogP contribution is 2.20. The van der Waals surface area contributed by atoms with Gasteiger partial charge in [-0.2, -0.15) is 0 Å². The zero-order valence-electron chi connectivity index (χ0n) is 11.8. The van der Waals surface area contributed by atoms with Gasteiger partial charge in [-0.15, -0.1) is 0 Å². The van der Waals surface area contributed by atoms with E-state index in [4.69, 9.17) is 8.85 Å². The van der Waals surface area contributed by atoms with Crippen LogP contribution in [0.25, 0.3) is 0 Å².